The van der Waals surface area contributed by atoms with Crippen molar-refractivity contribution >= 4 is 34.1 Å². The van der Waals surface area contributed by atoms with E-state index < -0.39 is 12.1 Å². The second-order valence-corrected chi connectivity index (χ2v) is 5.85. The SMILES string of the molecule is NC(=O)NC(=O)NCc1nc2ccc(-c3c[nH]c4cc(F)ccc34)cc2o1. The number of hydrogen-bond donors (Lipinski definition) is 4. The second-order valence-electron chi connectivity index (χ2n) is 5.85. The Balaban J connectivity index is 1.60. The lowest BCUT2D eigenvalue weighted by molar-refractivity contribution is 0.230. The molecule has 0 aliphatic rings. The van der Waals surface area contributed by atoms with Gasteiger partial charge in [-0.05, 0) is 35.9 Å². The maximum Gasteiger partial charge on any atom is 0.323 e. The van der Waals surface area contributed by atoms with Gasteiger partial charge in [0.05, 0.1) is 6.54 Å². The van der Waals surface area contributed by atoms with E-state index in [4.69, 9.17) is 10.2 Å². The highest BCUT2D eigenvalue weighted by Crippen LogP contribution is 2.31. The van der Waals surface area contributed by atoms with E-state index in [-0.39, 0.29) is 18.3 Å². The van der Waals surface area contributed by atoms with E-state index in [0.717, 1.165) is 16.5 Å². The van der Waals surface area contributed by atoms with E-state index in [1.807, 2.05) is 17.4 Å². The van der Waals surface area contributed by atoms with Crippen LogP contribution in [0.25, 0.3) is 33.1 Å². The number of carbonyl (C=O) groups excluding carboxylic acids is 2. The maximum atomic E-state index is 13.4. The van der Waals surface area contributed by atoms with Crippen molar-refractivity contribution in [3.63, 3.8) is 0 Å². The molecule has 5 N–H and O–H groups in total. The number of halogens is 1. The number of amides is 4. The van der Waals surface area contributed by atoms with E-state index in [0.29, 0.717) is 16.6 Å². The van der Waals surface area contributed by atoms with Crippen molar-refractivity contribution < 1.29 is 18.4 Å². The first kappa shape index (κ1) is 16.6. The van der Waals surface area contributed by atoms with Gasteiger partial charge in [-0.25, -0.2) is 19.0 Å². The molecule has 0 saturated carbocycles. The highest BCUT2D eigenvalue weighted by atomic mass is 19.1. The third kappa shape index (κ3) is 3.30. The Morgan fingerprint density at radius 2 is 2.07 bits per heavy atom. The molecule has 0 spiro atoms. The zero-order valence-corrected chi connectivity index (χ0v) is 13.9. The summed E-state index contributed by atoms with van der Waals surface area (Å²) < 4.78 is 19.0. The quantitative estimate of drug-likeness (QED) is 0.444. The Bertz CT molecular complexity index is 1180. The molecule has 8 nitrogen and oxygen atoms in total. The molecule has 0 atom stereocenters. The van der Waals surface area contributed by atoms with Crippen LogP contribution < -0.4 is 16.4 Å². The normalized spacial score (nSPS) is 11.0. The second kappa shape index (κ2) is 6.45. The summed E-state index contributed by atoms with van der Waals surface area (Å²) in [6.07, 6.45) is 1.80. The van der Waals surface area contributed by atoms with Crippen molar-refractivity contribution in [1.82, 2.24) is 20.6 Å². The van der Waals surface area contributed by atoms with E-state index >= 15 is 0 Å². The minimum absolute atomic E-state index is 0.00448. The first-order valence-electron chi connectivity index (χ1n) is 8.00. The van der Waals surface area contributed by atoms with Gasteiger partial charge in [0, 0.05) is 22.7 Å². The molecule has 0 bridgehead atoms. The number of carbonyl (C=O) groups is 2. The number of hydrogen-bond acceptors (Lipinski definition) is 4. The number of fused-ring (bicyclic) bond motifs is 2. The average molecular weight is 367 g/mol. The Hall–Kier alpha value is -3.88. The molecule has 2 aromatic heterocycles. The van der Waals surface area contributed by atoms with Gasteiger partial charge in [0.1, 0.15) is 11.3 Å². The number of nitrogens with two attached hydrogens (primary N) is 1. The minimum atomic E-state index is -0.951. The summed E-state index contributed by atoms with van der Waals surface area (Å²) >= 11 is 0. The number of aromatic nitrogens is 2. The summed E-state index contributed by atoms with van der Waals surface area (Å²) in [5.41, 5.74) is 8.51. The summed E-state index contributed by atoms with van der Waals surface area (Å²) in [7, 11) is 0. The summed E-state index contributed by atoms with van der Waals surface area (Å²) in [4.78, 5) is 29.3. The van der Waals surface area contributed by atoms with Crippen LogP contribution in [0.1, 0.15) is 5.89 Å². The molecular weight excluding hydrogens is 353 g/mol. The fourth-order valence-corrected chi connectivity index (χ4v) is 2.86. The van der Waals surface area contributed by atoms with Crippen molar-refractivity contribution in [3.05, 3.63) is 54.3 Å². The third-order valence-electron chi connectivity index (χ3n) is 4.02. The molecule has 2 aromatic carbocycles. The molecule has 4 amide bonds. The van der Waals surface area contributed by atoms with Crippen LogP contribution in [0.2, 0.25) is 0 Å². The van der Waals surface area contributed by atoms with Gasteiger partial charge in [0.2, 0.25) is 5.89 Å². The Morgan fingerprint density at radius 3 is 2.89 bits per heavy atom. The van der Waals surface area contributed by atoms with Crippen LogP contribution in [0.15, 0.2) is 47.0 Å². The molecule has 4 rings (SSSR count). The van der Waals surface area contributed by atoms with Crippen LogP contribution in [-0.4, -0.2) is 22.0 Å². The van der Waals surface area contributed by atoms with E-state index in [1.54, 1.807) is 18.3 Å². The van der Waals surface area contributed by atoms with Gasteiger partial charge in [0.15, 0.2) is 5.58 Å². The van der Waals surface area contributed by atoms with Gasteiger partial charge in [-0.1, -0.05) is 6.07 Å². The largest absolute Gasteiger partial charge is 0.439 e. The highest BCUT2D eigenvalue weighted by Gasteiger charge is 2.12. The number of oxazole rings is 1. The van der Waals surface area contributed by atoms with E-state index in [1.165, 1.54) is 12.1 Å². The molecule has 0 saturated heterocycles. The summed E-state index contributed by atoms with van der Waals surface area (Å²) in [5.74, 6) is -0.0260. The van der Waals surface area contributed by atoms with Crippen LogP contribution in [0.4, 0.5) is 14.0 Å². The van der Waals surface area contributed by atoms with Gasteiger partial charge < -0.3 is 20.5 Å². The molecule has 27 heavy (non-hydrogen) atoms. The van der Waals surface area contributed by atoms with Gasteiger partial charge in [-0.3, -0.25) is 5.32 Å². The van der Waals surface area contributed by atoms with Gasteiger partial charge >= 0.3 is 12.1 Å². The number of rotatable bonds is 3. The molecule has 0 fully saturated rings. The smallest absolute Gasteiger partial charge is 0.323 e. The van der Waals surface area contributed by atoms with Crippen LogP contribution in [-0.2, 0) is 6.54 Å². The van der Waals surface area contributed by atoms with Crippen molar-refractivity contribution in [2.75, 3.05) is 0 Å². The number of nitrogens with zero attached hydrogens (tertiary/aromatic N) is 1. The first-order valence-corrected chi connectivity index (χ1v) is 8.00. The lowest BCUT2D eigenvalue weighted by Gasteiger charge is -2.01. The van der Waals surface area contributed by atoms with Crippen molar-refractivity contribution in [2.45, 2.75) is 6.54 Å². The molecule has 4 aromatic rings. The summed E-state index contributed by atoms with van der Waals surface area (Å²) in [6, 6.07) is 8.37. The predicted octanol–water partition coefficient (Wildman–Crippen LogP) is 2.99. The molecule has 136 valence electrons. The molecule has 0 aliphatic carbocycles. The van der Waals surface area contributed by atoms with E-state index in [9.17, 15) is 14.0 Å². The van der Waals surface area contributed by atoms with E-state index in [2.05, 4.69) is 15.3 Å². The number of aromatic amines is 1. The van der Waals surface area contributed by atoms with Crippen LogP contribution in [0, 0.1) is 5.82 Å². The maximum absolute atomic E-state index is 13.4. The molecule has 0 aliphatic heterocycles. The van der Waals surface area contributed by atoms with Crippen molar-refractivity contribution in [2.24, 2.45) is 5.73 Å². The number of urea groups is 2. The first-order chi connectivity index (χ1) is 13.0. The molecule has 9 heteroatoms. The van der Waals surface area contributed by atoms with Gasteiger partial charge in [-0.15, -0.1) is 0 Å². The average Bonchev–Trinajstić information content (AvgIpc) is 3.21. The Kier molecular flexibility index (Phi) is 3.96. The molecule has 2 heterocycles. The predicted molar refractivity (Wildman–Crippen MR) is 96.2 cm³/mol. The highest BCUT2D eigenvalue weighted by molar-refractivity contribution is 5.97. The number of nitrogens with one attached hydrogen (secondary N) is 3. The summed E-state index contributed by atoms with van der Waals surface area (Å²) in [6.45, 7) is -0.00448. The zero-order valence-electron chi connectivity index (χ0n) is 13.9. The summed E-state index contributed by atoms with van der Waals surface area (Å²) in [5, 5.41) is 5.19. The van der Waals surface area contributed by atoms with Crippen molar-refractivity contribution in [1.29, 1.82) is 0 Å². The number of benzene rings is 2. The fourth-order valence-electron chi connectivity index (χ4n) is 2.86. The number of H-pyrrole nitrogens is 1. The number of primary amides is 1. The standard InChI is InChI=1S/C18H14FN5O3/c19-10-2-3-11-12(7-21-14(11)6-10)9-1-4-13-15(5-9)27-16(23-13)8-22-18(26)24-17(20)25/h1-7,21H,8H2,(H4,20,22,24,25,26). The van der Waals surface area contributed by atoms with Gasteiger partial charge in [-0.2, -0.15) is 0 Å². The van der Waals surface area contributed by atoms with Crippen molar-refractivity contribution in [3.8, 4) is 11.1 Å². The minimum Gasteiger partial charge on any atom is -0.439 e. The van der Waals surface area contributed by atoms with Gasteiger partial charge in [0.25, 0.3) is 0 Å². The topological polar surface area (TPSA) is 126 Å². The van der Waals surface area contributed by atoms with Crippen LogP contribution >= 0.6 is 0 Å². The monoisotopic (exact) mass is 367 g/mol. The lowest BCUT2D eigenvalue weighted by Crippen LogP contribution is -2.41. The fraction of sp³-hybridized carbons (Fsp3) is 0.0556. The number of imide groups is 1. The molecule has 0 unspecified atom stereocenters. The van der Waals surface area contributed by atoms with Crippen LogP contribution in [0.3, 0.4) is 0 Å². The molecular formula is C18H14FN5O3. The Morgan fingerprint density at radius 1 is 1.22 bits per heavy atom. The third-order valence-corrected chi connectivity index (χ3v) is 4.02. The Labute approximate surface area is 151 Å². The van der Waals surface area contributed by atoms with Crippen LogP contribution in [0.5, 0.6) is 0 Å². The lowest BCUT2D eigenvalue weighted by atomic mass is 10.0. The zero-order chi connectivity index (χ0) is 19.0. The molecule has 0 radical (unpaired) electrons.